The molecule has 1 saturated carbocycles. The molecular formula is C18H28BrN. The molecule has 1 aliphatic carbocycles. The van der Waals surface area contributed by atoms with Crippen LogP contribution in [-0.2, 0) is 0 Å². The topological polar surface area (TPSA) is 12.0 Å². The van der Waals surface area contributed by atoms with Crippen LogP contribution in [0.15, 0.2) is 16.6 Å². The fraction of sp³-hybridized carbons (Fsp3) is 0.667. The molecule has 0 aromatic heterocycles. The Kier molecular flexibility index (Phi) is 5.68. The van der Waals surface area contributed by atoms with E-state index in [9.17, 15) is 0 Å². The molecule has 0 aliphatic heterocycles. The lowest BCUT2D eigenvalue weighted by molar-refractivity contribution is 0.233. The fourth-order valence-corrected chi connectivity index (χ4v) is 3.78. The standard InChI is InChI=1S/C18H28BrN/c1-5-20-18(15-8-6-12(2)7-9-15)16-10-13(3)17(19)14(4)11-16/h10-12,15,18,20H,5-9H2,1-4H3. The predicted molar refractivity (Wildman–Crippen MR) is 91.2 cm³/mol. The average Bonchev–Trinajstić information content (AvgIpc) is 2.43. The van der Waals surface area contributed by atoms with Gasteiger partial charge < -0.3 is 5.32 Å². The molecule has 0 heterocycles. The molecule has 2 heteroatoms. The third-order valence-electron chi connectivity index (χ3n) is 4.77. The Labute approximate surface area is 132 Å². The number of rotatable bonds is 4. The Hall–Kier alpha value is -0.340. The van der Waals surface area contributed by atoms with E-state index >= 15 is 0 Å². The second-order valence-corrected chi connectivity index (χ2v) is 7.32. The van der Waals surface area contributed by atoms with Crippen molar-refractivity contribution in [3.63, 3.8) is 0 Å². The number of halogens is 1. The first-order valence-corrected chi connectivity index (χ1v) is 8.82. The van der Waals surface area contributed by atoms with Crippen LogP contribution in [-0.4, -0.2) is 6.54 Å². The van der Waals surface area contributed by atoms with E-state index in [1.807, 2.05) is 0 Å². The van der Waals surface area contributed by atoms with Gasteiger partial charge in [-0.05, 0) is 61.8 Å². The smallest absolute Gasteiger partial charge is 0.0348 e. The van der Waals surface area contributed by atoms with Crippen molar-refractivity contribution in [3.8, 4) is 0 Å². The Balaban J connectivity index is 2.24. The Morgan fingerprint density at radius 3 is 2.20 bits per heavy atom. The van der Waals surface area contributed by atoms with Crippen LogP contribution in [0.1, 0.15) is 62.3 Å². The first kappa shape index (κ1) is 16.0. The number of aryl methyl sites for hydroxylation is 2. The highest BCUT2D eigenvalue weighted by Crippen LogP contribution is 2.38. The van der Waals surface area contributed by atoms with Gasteiger partial charge in [0.2, 0.25) is 0 Å². The second-order valence-electron chi connectivity index (χ2n) is 6.52. The maximum absolute atomic E-state index is 3.74. The molecular weight excluding hydrogens is 310 g/mol. The number of benzene rings is 1. The van der Waals surface area contributed by atoms with Crippen molar-refractivity contribution in [2.45, 2.75) is 59.4 Å². The van der Waals surface area contributed by atoms with E-state index in [4.69, 9.17) is 0 Å². The lowest BCUT2D eigenvalue weighted by atomic mass is 9.77. The number of hydrogen-bond acceptors (Lipinski definition) is 1. The summed E-state index contributed by atoms with van der Waals surface area (Å²) >= 11 is 3.68. The maximum Gasteiger partial charge on any atom is 0.0348 e. The highest BCUT2D eigenvalue weighted by molar-refractivity contribution is 9.10. The van der Waals surface area contributed by atoms with Crippen molar-refractivity contribution in [2.24, 2.45) is 11.8 Å². The van der Waals surface area contributed by atoms with E-state index < -0.39 is 0 Å². The second kappa shape index (κ2) is 7.09. The van der Waals surface area contributed by atoms with Crippen molar-refractivity contribution in [1.82, 2.24) is 5.32 Å². The molecule has 1 aliphatic rings. The van der Waals surface area contributed by atoms with E-state index in [1.165, 1.54) is 46.8 Å². The minimum atomic E-state index is 0.526. The molecule has 1 unspecified atom stereocenters. The van der Waals surface area contributed by atoms with Crippen LogP contribution >= 0.6 is 15.9 Å². The van der Waals surface area contributed by atoms with Gasteiger partial charge in [0.25, 0.3) is 0 Å². The molecule has 1 aromatic carbocycles. The van der Waals surface area contributed by atoms with Crippen LogP contribution in [0.25, 0.3) is 0 Å². The monoisotopic (exact) mass is 337 g/mol. The van der Waals surface area contributed by atoms with E-state index in [-0.39, 0.29) is 0 Å². The highest BCUT2D eigenvalue weighted by Gasteiger charge is 2.27. The first-order valence-electron chi connectivity index (χ1n) is 8.03. The van der Waals surface area contributed by atoms with Crippen LogP contribution in [0.4, 0.5) is 0 Å². The summed E-state index contributed by atoms with van der Waals surface area (Å²) in [5, 5.41) is 3.74. The summed E-state index contributed by atoms with van der Waals surface area (Å²) in [6, 6.07) is 5.25. The van der Waals surface area contributed by atoms with Crippen LogP contribution in [0.3, 0.4) is 0 Å². The predicted octanol–water partition coefficient (Wildman–Crippen LogP) is 5.54. The van der Waals surface area contributed by atoms with Crippen LogP contribution in [0, 0.1) is 25.7 Å². The van der Waals surface area contributed by atoms with Crippen molar-refractivity contribution in [2.75, 3.05) is 6.54 Å². The minimum absolute atomic E-state index is 0.526. The van der Waals surface area contributed by atoms with E-state index in [2.05, 4.69) is 61.1 Å². The van der Waals surface area contributed by atoms with E-state index in [0.717, 1.165) is 18.4 Å². The molecule has 1 fully saturated rings. The first-order chi connectivity index (χ1) is 9.52. The normalized spacial score (nSPS) is 24.6. The fourth-order valence-electron chi connectivity index (χ4n) is 3.55. The molecule has 1 aromatic rings. The maximum atomic E-state index is 3.74. The van der Waals surface area contributed by atoms with Crippen LogP contribution < -0.4 is 5.32 Å². The lowest BCUT2D eigenvalue weighted by Gasteiger charge is -2.34. The van der Waals surface area contributed by atoms with E-state index in [0.29, 0.717) is 6.04 Å². The third kappa shape index (κ3) is 3.65. The van der Waals surface area contributed by atoms with Crippen molar-refractivity contribution >= 4 is 15.9 Å². The average molecular weight is 338 g/mol. The highest BCUT2D eigenvalue weighted by atomic mass is 79.9. The molecule has 1 nitrogen and oxygen atoms in total. The number of hydrogen-bond donors (Lipinski definition) is 1. The molecule has 0 spiro atoms. The largest absolute Gasteiger partial charge is 0.310 e. The quantitative estimate of drug-likeness (QED) is 0.760. The molecule has 0 bridgehead atoms. The van der Waals surface area contributed by atoms with Gasteiger partial charge in [-0.1, -0.05) is 54.8 Å². The van der Waals surface area contributed by atoms with Crippen molar-refractivity contribution in [3.05, 3.63) is 33.3 Å². The Morgan fingerprint density at radius 1 is 1.15 bits per heavy atom. The molecule has 0 amide bonds. The SMILES string of the molecule is CCNC(c1cc(C)c(Br)c(C)c1)C1CCC(C)CC1. The summed E-state index contributed by atoms with van der Waals surface area (Å²) in [5.74, 6) is 1.72. The summed E-state index contributed by atoms with van der Waals surface area (Å²) in [6.07, 6.45) is 5.52. The van der Waals surface area contributed by atoms with Gasteiger partial charge in [0.1, 0.15) is 0 Å². The third-order valence-corrected chi connectivity index (χ3v) is 6.02. The molecule has 0 saturated heterocycles. The molecule has 0 radical (unpaired) electrons. The Bertz CT molecular complexity index is 424. The zero-order chi connectivity index (χ0) is 14.7. The Morgan fingerprint density at radius 2 is 1.70 bits per heavy atom. The van der Waals surface area contributed by atoms with E-state index in [1.54, 1.807) is 0 Å². The van der Waals surface area contributed by atoms with Gasteiger partial charge in [-0.3, -0.25) is 0 Å². The van der Waals surface area contributed by atoms with Gasteiger partial charge in [-0.15, -0.1) is 0 Å². The minimum Gasteiger partial charge on any atom is -0.310 e. The van der Waals surface area contributed by atoms with Gasteiger partial charge in [-0.2, -0.15) is 0 Å². The zero-order valence-electron chi connectivity index (χ0n) is 13.3. The van der Waals surface area contributed by atoms with Crippen LogP contribution in [0.5, 0.6) is 0 Å². The van der Waals surface area contributed by atoms with Gasteiger partial charge in [0.15, 0.2) is 0 Å². The van der Waals surface area contributed by atoms with Crippen molar-refractivity contribution in [1.29, 1.82) is 0 Å². The summed E-state index contributed by atoms with van der Waals surface area (Å²) in [6.45, 7) is 10.1. The van der Waals surface area contributed by atoms with Gasteiger partial charge in [-0.25, -0.2) is 0 Å². The number of nitrogens with one attached hydrogen (secondary N) is 1. The summed E-state index contributed by atoms with van der Waals surface area (Å²) in [4.78, 5) is 0. The molecule has 1 atom stereocenters. The molecule has 112 valence electrons. The molecule has 20 heavy (non-hydrogen) atoms. The zero-order valence-corrected chi connectivity index (χ0v) is 14.9. The van der Waals surface area contributed by atoms with Gasteiger partial charge >= 0.3 is 0 Å². The summed E-state index contributed by atoms with van der Waals surface area (Å²) in [5.41, 5.74) is 4.18. The van der Waals surface area contributed by atoms with Gasteiger partial charge in [0.05, 0.1) is 0 Å². The van der Waals surface area contributed by atoms with Gasteiger partial charge in [0, 0.05) is 10.5 Å². The lowest BCUT2D eigenvalue weighted by Crippen LogP contribution is -2.30. The molecule has 1 N–H and O–H groups in total. The van der Waals surface area contributed by atoms with Crippen LogP contribution in [0.2, 0.25) is 0 Å². The summed E-state index contributed by atoms with van der Waals surface area (Å²) < 4.78 is 1.26. The summed E-state index contributed by atoms with van der Waals surface area (Å²) in [7, 11) is 0. The van der Waals surface area contributed by atoms with Crippen molar-refractivity contribution < 1.29 is 0 Å². The molecule has 2 rings (SSSR count).